The van der Waals surface area contributed by atoms with E-state index in [4.69, 9.17) is 4.74 Å². The van der Waals surface area contributed by atoms with Gasteiger partial charge in [0.25, 0.3) is 0 Å². The van der Waals surface area contributed by atoms with Crippen LogP contribution in [0.3, 0.4) is 0 Å². The van der Waals surface area contributed by atoms with Gasteiger partial charge in [-0.05, 0) is 51.8 Å². The van der Waals surface area contributed by atoms with E-state index in [1.54, 1.807) is 24.3 Å². The molecule has 2 aromatic carbocycles. The first-order valence-corrected chi connectivity index (χ1v) is 6.96. The van der Waals surface area contributed by atoms with Crippen molar-refractivity contribution < 1.29 is 13.9 Å². The summed E-state index contributed by atoms with van der Waals surface area (Å²) in [7, 11) is 0. The van der Waals surface area contributed by atoms with Gasteiger partial charge in [-0.25, -0.2) is 14.2 Å². The molecule has 0 spiro atoms. The van der Waals surface area contributed by atoms with Gasteiger partial charge < -0.3 is 4.74 Å². The average Bonchev–Trinajstić information content (AvgIpc) is 2.83. The molecular formula is C16H9BrFNO2. The Morgan fingerprint density at radius 3 is 2.52 bits per heavy atom. The zero-order chi connectivity index (χ0) is 14.8. The highest BCUT2D eigenvalue weighted by Gasteiger charge is 2.25. The summed E-state index contributed by atoms with van der Waals surface area (Å²) in [6.45, 7) is 0. The molecule has 0 amide bonds. The maximum absolute atomic E-state index is 12.9. The van der Waals surface area contributed by atoms with E-state index in [2.05, 4.69) is 20.9 Å². The van der Waals surface area contributed by atoms with E-state index >= 15 is 0 Å². The number of halogens is 2. The van der Waals surface area contributed by atoms with Crippen molar-refractivity contribution in [2.75, 3.05) is 0 Å². The Labute approximate surface area is 128 Å². The Morgan fingerprint density at radius 2 is 1.81 bits per heavy atom. The molecule has 0 N–H and O–H groups in total. The number of benzene rings is 2. The standard InChI is InChI=1S/C16H9BrFNO2/c17-13-4-2-1-3-12(13)15-19-14(16(20)21-15)9-10-5-7-11(18)8-6-10/h1-9H/b14-9+. The molecular weight excluding hydrogens is 337 g/mol. The summed E-state index contributed by atoms with van der Waals surface area (Å²) in [6, 6.07) is 13.1. The smallest absolute Gasteiger partial charge is 0.363 e. The molecule has 0 saturated heterocycles. The SMILES string of the molecule is O=C1OC(c2ccccc2Br)=N/C1=C/c1ccc(F)cc1. The van der Waals surface area contributed by atoms with Crippen molar-refractivity contribution >= 4 is 33.9 Å². The van der Waals surface area contributed by atoms with Crippen LogP contribution in [0.1, 0.15) is 11.1 Å². The third-order valence-corrected chi connectivity index (χ3v) is 3.59. The lowest BCUT2D eigenvalue weighted by Crippen LogP contribution is -2.05. The predicted octanol–water partition coefficient (Wildman–Crippen LogP) is 3.93. The first-order valence-electron chi connectivity index (χ1n) is 6.16. The lowest BCUT2D eigenvalue weighted by molar-refractivity contribution is -0.129. The second-order valence-corrected chi connectivity index (χ2v) is 5.22. The number of nitrogens with zero attached hydrogens (tertiary/aromatic N) is 1. The Balaban J connectivity index is 1.96. The lowest BCUT2D eigenvalue weighted by Gasteiger charge is -2.01. The van der Waals surface area contributed by atoms with Crippen LogP contribution in [0.2, 0.25) is 0 Å². The molecule has 0 radical (unpaired) electrons. The number of ether oxygens (including phenoxy) is 1. The molecule has 1 aliphatic heterocycles. The van der Waals surface area contributed by atoms with E-state index in [1.165, 1.54) is 12.1 Å². The van der Waals surface area contributed by atoms with E-state index in [9.17, 15) is 9.18 Å². The largest absolute Gasteiger partial charge is 0.402 e. The maximum atomic E-state index is 12.9. The van der Waals surface area contributed by atoms with Gasteiger partial charge in [-0.1, -0.05) is 24.3 Å². The molecule has 21 heavy (non-hydrogen) atoms. The Kier molecular flexibility index (Phi) is 3.66. The van der Waals surface area contributed by atoms with Crippen LogP contribution in [0, 0.1) is 5.82 Å². The van der Waals surface area contributed by atoms with Crippen LogP contribution in [-0.2, 0) is 9.53 Å². The molecule has 2 aromatic rings. The van der Waals surface area contributed by atoms with Crippen molar-refractivity contribution in [1.82, 2.24) is 0 Å². The van der Waals surface area contributed by atoms with Crippen LogP contribution in [-0.4, -0.2) is 11.9 Å². The summed E-state index contributed by atoms with van der Waals surface area (Å²) in [5, 5.41) is 0. The quantitative estimate of drug-likeness (QED) is 0.610. The fraction of sp³-hybridized carbons (Fsp3) is 0. The van der Waals surface area contributed by atoms with Crippen molar-refractivity contribution in [2.24, 2.45) is 4.99 Å². The van der Waals surface area contributed by atoms with Crippen LogP contribution < -0.4 is 0 Å². The number of aliphatic imine (C=N–C) groups is 1. The minimum atomic E-state index is -0.523. The number of rotatable bonds is 2. The van der Waals surface area contributed by atoms with Crippen LogP contribution in [0.5, 0.6) is 0 Å². The lowest BCUT2D eigenvalue weighted by atomic mass is 10.2. The molecule has 1 heterocycles. The average molecular weight is 346 g/mol. The molecule has 0 bridgehead atoms. The monoisotopic (exact) mass is 345 g/mol. The number of cyclic esters (lactones) is 1. The zero-order valence-electron chi connectivity index (χ0n) is 10.7. The second kappa shape index (κ2) is 5.61. The van der Waals surface area contributed by atoms with Crippen molar-refractivity contribution in [3.8, 4) is 0 Å². The number of carbonyl (C=O) groups is 1. The van der Waals surface area contributed by atoms with Gasteiger partial charge in [0.1, 0.15) is 5.82 Å². The van der Waals surface area contributed by atoms with Crippen LogP contribution in [0.25, 0.3) is 6.08 Å². The Morgan fingerprint density at radius 1 is 1.10 bits per heavy atom. The highest BCUT2D eigenvalue weighted by Crippen LogP contribution is 2.23. The summed E-state index contributed by atoms with van der Waals surface area (Å²) in [4.78, 5) is 16.0. The van der Waals surface area contributed by atoms with E-state index < -0.39 is 5.97 Å². The summed E-state index contributed by atoms with van der Waals surface area (Å²) < 4.78 is 18.8. The van der Waals surface area contributed by atoms with E-state index in [0.717, 1.165) is 4.47 Å². The van der Waals surface area contributed by atoms with Crippen molar-refractivity contribution in [1.29, 1.82) is 0 Å². The Bertz CT molecular complexity index is 766. The third-order valence-electron chi connectivity index (χ3n) is 2.90. The molecule has 0 aliphatic carbocycles. The first kappa shape index (κ1) is 13.7. The molecule has 3 rings (SSSR count). The Hall–Kier alpha value is -2.27. The fourth-order valence-corrected chi connectivity index (χ4v) is 2.33. The van der Waals surface area contributed by atoms with Gasteiger partial charge in [0, 0.05) is 4.47 Å². The zero-order valence-corrected chi connectivity index (χ0v) is 12.3. The molecule has 1 aliphatic rings. The number of hydrogen-bond acceptors (Lipinski definition) is 3. The molecule has 5 heteroatoms. The van der Waals surface area contributed by atoms with E-state index in [1.807, 2.05) is 18.2 Å². The van der Waals surface area contributed by atoms with Gasteiger partial charge in [0.15, 0.2) is 5.70 Å². The molecule has 0 saturated carbocycles. The normalized spacial score (nSPS) is 16.0. The summed E-state index contributed by atoms with van der Waals surface area (Å²) in [5.41, 5.74) is 1.57. The van der Waals surface area contributed by atoms with Crippen LogP contribution in [0.4, 0.5) is 4.39 Å². The van der Waals surface area contributed by atoms with Gasteiger partial charge in [-0.2, -0.15) is 0 Å². The van der Waals surface area contributed by atoms with Gasteiger partial charge >= 0.3 is 5.97 Å². The predicted molar refractivity (Wildman–Crippen MR) is 81.1 cm³/mol. The van der Waals surface area contributed by atoms with Gasteiger partial charge in [0.05, 0.1) is 5.56 Å². The maximum Gasteiger partial charge on any atom is 0.363 e. The van der Waals surface area contributed by atoms with Crippen molar-refractivity contribution in [3.05, 3.63) is 75.6 Å². The summed E-state index contributed by atoms with van der Waals surface area (Å²) >= 11 is 3.39. The van der Waals surface area contributed by atoms with Crippen LogP contribution in [0.15, 0.2) is 63.7 Å². The van der Waals surface area contributed by atoms with Gasteiger partial charge in [-0.15, -0.1) is 0 Å². The topological polar surface area (TPSA) is 38.7 Å². The van der Waals surface area contributed by atoms with Gasteiger partial charge in [0.2, 0.25) is 5.90 Å². The summed E-state index contributed by atoms with van der Waals surface area (Å²) in [6.07, 6.45) is 1.56. The first-order chi connectivity index (χ1) is 10.1. The van der Waals surface area contributed by atoms with E-state index in [-0.39, 0.29) is 17.4 Å². The fourth-order valence-electron chi connectivity index (χ4n) is 1.88. The molecule has 0 unspecified atom stereocenters. The molecule has 104 valence electrons. The highest BCUT2D eigenvalue weighted by molar-refractivity contribution is 9.10. The second-order valence-electron chi connectivity index (χ2n) is 4.37. The number of esters is 1. The number of hydrogen-bond donors (Lipinski definition) is 0. The molecule has 0 fully saturated rings. The van der Waals surface area contributed by atoms with E-state index in [0.29, 0.717) is 11.1 Å². The molecule has 0 aromatic heterocycles. The van der Waals surface area contributed by atoms with Gasteiger partial charge in [-0.3, -0.25) is 0 Å². The third kappa shape index (κ3) is 2.92. The molecule has 3 nitrogen and oxygen atoms in total. The highest BCUT2D eigenvalue weighted by atomic mass is 79.9. The number of carbonyl (C=O) groups excluding carboxylic acids is 1. The van der Waals surface area contributed by atoms with Crippen molar-refractivity contribution in [2.45, 2.75) is 0 Å². The van der Waals surface area contributed by atoms with Crippen LogP contribution >= 0.6 is 15.9 Å². The minimum Gasteiger partial charge on any atom is -0.402 e. The minimum absolute atomic E-state index is 0.187. The summed E-state index contributed by atoms with van der Waals surface area (Å²) in [5.74, 6) is -0.602. The molecule has 0 atom stereocenters. The van der Waals surface area contributed by atoms with Crippen molar-refractivity contribution in [3.63, 3.8) is 0 Å².